The Balaban J connectivity index is 2.07. The Labute approximate surface area is 125 Å². The van der Waals surface area contributed by atoms with Crippen LogP contribution in [0.15, 0.2) is 11.1 Å². The Kier molecular flexibility index (Phi) is 4.90. The van der Waals surface area contributed by atoms with Gasteiger partial charge in [-0.25, -0.2) is 13.1 Å². The predicted octanol–water partition coefficient (Wildman–Crippen LogP) is 0.970. The number of rotatable bonds is 6. The molecule has 21 heavy (non-hydrogen) atoms. The highest BCUT2D eigenvalue weighted by atomic mass is 32.2. The number of aromatic nitrogens is 2. The maximum atomic E-state index is 12.4. The number of hydrogen-bond donors (Lipinski definition) is 2. The first-order valence-corrected chi connectivity index (χ1v) is 8.75. The molecule has 2 rings (SSSR count). The highest BCUT2D eigenvalue weighted by Gasteiger charge is 2.30. The third-order valence-corrected chi connectivity index (χ3v) is 5.30. The molecule has 1 aliphatic rings. The van der Waals surface area contributed by atoms with Gasteiger partial charge >= 0.3 is 0 Å². The molecule has 0 amide bonds. The number of nitrogens with zero attached hydrogens (tertiary/aromatic N) is 2. The number of nitrogens with one attached hydrogen (secondary N) is 1. The van der Waals surface area contributed by atoms with Crippen molar-refractivity contribution in [1.29, 1.82) is 0 Å². The van der Waals surface area contributed by atoms with Crippen LogP contribution in [0.5, 0.6) is 0 Å². The molecule has 2 heterocycles. The van der Waals surface area contributed by atoms with Crippen molar-refractivity contribution >= 4 is 15.8 Å². The van der Waals surface area contributed by atoms with Gasteiger partial charge in [-0.3, -0.25) is 4.68 Å². The Morgan fingerprint density at radius 3 is 2.76 bits per heavy atom. The molecule has 7 nitrogen and oxygen atoms in total. The van der Waals surface area contributed by atoms with Crippen molar-refractivity contribution in [2.45, 2.75) is 44.6 Å². The van der Waals surface area contributed by atoms with E-state index in [0.717, 1.165) is 19.3 Å². The summed E-state index contributed by atoms with van der Waals surface area (Å²) in [5, 5.41) is 4.03. The summed E-state index contributed by atoms with van der Waals surface area (Å²) in [5.74, 6) is 0.0491. The molecule has 8 heteroatoms. The molecule has 120 valence electrons. The zero-order valence-corrected chi connectivity index (χ0v) is 13.4. The first-order chi connectivity index (χ1) is 9.86. The van der Waals surface area contributed by atoms with Crippen LogP contribution >= 0.6 is 0 Å². The molecule has 1 aromatic rings. The van der Waals surface area contributed by atoms with Crippen LogP contribution in [0.2, 0.25) is 0 Å². The molecule has 0 unspecified atom stereocenters. The third kappa shape index (κ3) is 3.96. The number of sulfonamides is 1. The van der Waals surface area contributed by atoms with Gasteiger partial charge in [0.05, 0.1) is 0 Å². The van der Waals surface area contributed by atoms with Crippen LogP contribution in [-0.2, 0) is 21.3 Å². The van der Waals surface area contributed by atoms with Gasteiger partial charge in [0.1, 0.15) is 4.90 Å². The van der Waals surface area contributed by atoms with Crippen molar-refractivity contribution in [2.75, 3.05) is 25.5 Å². The van der Waals surface area contributed by atoms with E-state index in [2.05, 4.69) is 16.7 Å². The third-order valence-electron chi connectivity index (χ3n) is 3.89. The first-order valence-electron chi connectivity index (χ1n) is 7.27. The van der Waals surface area contributed by atoms with Gasteiger partial charge in [-0.1, -0.05) is 13.8 Å². The Bertz CT molecular complexity index is 576. The summed E-state index contributed by atoms with van der Waals surface area (Å²) in [6.07, 6.45) is 4.06. The van der Waals surface area contributed by atoms with Crippen molar-refractivity contribution in [3.8, 4) is 0 Å². The minimum atomic E-state index is -3.63. The Morgan fingerprint density at radius 2 is 2.14 bits per heavy atom. The highest BCUT2D eigenvalue weighted by molar-refractivity contribution is 7.89. The van der Waals surface area contributed by atoms with E-state index in [-0.39, 0.29) is 16.1 Å². The van der Waals surface area contributed by atoms with Gasteiger partial charge in [0.25, 0.3) is 0 Å². The summed E-state index contributed by atoms with van der Waals surface area (Å²) in [7, 11) is -3.63. The van der Waals surface area contributed by atoms with Crippen LogP contribution in [0, 0.1) is 5.41 Å². The SMILES string of the molecule is CCCn1cc(S(=O)(=O)NCC2(C)CCOCC2)c(N)n1. The van der Waals surface area contributed by atoms with E-state index < -0.39 is 10.0 Å². The predicted molar refractivity (Wildman–Crippen MR) is 80.3 cm³/mol. The highest BCUT2D eigenvalue weighted by Crippen LogP contribution is 2.29. The van der Waals surface area contributed by atoms with Gasteiger partial charge in [-0.15, -0.1) is 0 Å². The summed E-state index contributed by atoms with van der Waals surface area (Å²) in [6, 6.07) is 0. The zero-order valence-electron chi connectivity index (χ0n) is 12.6. The molecular weight excluding hydrogens is 292 g/mol. The van der Waals surface area contributed by atoms with E-state index in [4.69, 9.17) is 10.5 Å². The summed E-state index contributed by atoms with van der Waals surface area (Å²) in [6.45, 7) is 6.45. The Morgan fingerprint density at radius 1 is 1.48 bits per heavy atom. The van der Waals surface area contributed by atoms with E-state index in [0.29, 0.717) is 26.3 Å². The molecule has 1 aromatic heterocycles. The number of nitrogen functional groups attached to an aromatic ring is 1. The van der Waals surface area contributed by atoms with E-state index in [9.17, 15) is 8.42 Å². The molecule has 1 aliphatic heterocycles. The fourth-order valence-electron chi connectivity index (χ4n) is 2.36. The second kappa shape index (κ2) is 6.33. The second-order valence-corrected chi connectivity index (χ2v) is 7.62. The van der Waals surface area contributed by atoms with Crippen LogP contribution in [0.1, 0.15) is 33.1 Å². The smallest absolute Gasteiger partial charge is 0.245 e. The molecule has 0 aromatic carbocycles. The molecule has 0 bridgehead atoms. The quantitative estimate of drug-likeness (QED) is 0.814. The maximum Gasteiger partial charge on any atom is 0.245 e. The first kappa shape index (κ1) is 16.3. The average Bonchev–Trinajstić information content (AvgIpc) is 2.80. The van der Waals surface area contributed by atoms with Gasteiger partial charge in [0.15, 0.2) is 5.82 Å². The van der Waals surface area contributed by atoms with E-state index in [1.54, 1.807) is 4.68 Å². The Hall–Kier alpha value is -1.12. The lowest BCUT2D eigenvalue weighted by atomic mass is 9.83. The fraction of sp³-hybridized carbons (Fsp3) is 0.769. The second-order valence-electron chi connectivity index (χ2n) is 5.89. The van der Waals surface area contributed by atoms with Crippen LogP contribution < -0.4 is 10.5 Å². The monoisotopic (exact) mass is 316 g/mol. The van der Waals surface area contributed by atoms with E-state index in [1.807, 2.05) is 6.92 Å². The molecule has 0 saturated carbocycles. The maximum absolute atomic E-state index is 12.4. The topological polar surface area (TPSA) is 99.2 Å². The van der Waals surface area contributed by atoms with Crippen LogP contribution in [0.3, 0.4) is 0 Å². The lowest BCUT2D eigenvalue weighted by Gasteiger charge is -2.33. The molecule has 0 aliphatic carbocycles. The summed E-state index contributed by atoms with van der Waals surface area (Å²) < 4.78 is 34.3. The van der Waals surface area contributed by atoms with Gasteiger partial charge in [0.2, 0.25) is 10.0 Å². The normalized spacial score (nSPS) is 18.8. The number of nitrogens with two attached hydrogens (primary N) is 1. The number of anilines is 1. The summed E-state index contributed by atoms with van der Waals surface area (Å²) >= 11 is 0. The van der Waals surface area contributed by atoms with Crippen molar-refractivity contribution < 1.29 is 13.2 Å². The van der Waals surface area contributed by atoms with Crippen molar-refractivity contribution in [3.63, 3.8) is 0 Å². The van der Waals surface area contributed by atoms with Crippen LogP contribution in [-0.4, -0.2) is 38.0 Å². The number of ether oxygens (including phenoxy) is 1. The van der Waals surface area contributed by atoms with Gasteiger partial charge in [-0.2, -0.15) is 5.10 Å². The van der Waals surface area contributed by atoms with Crippen LogP contribution in [0.25, 0.3) is 0 Å². The largest absolute Gasteiger partial charge is 0.381 e. The number of hydrogen-bond acceptors (Lipinski definition) is 5. The standard InChI is InChI=1S/C13H24N4O3S/c1-3-6-17-9-11(12(14)16-17)21(18,19)15-10-13(2)4-7-20-8-5-13/h9,15H,3-8,10H2,1-2H3,(H2,14,16). The molecular formula is C13H24N4O3S. The van der Waals surface area contributed by atoms with Crippen LogP contribution in [0.4, 0.5) is 5.82 Å². The number of aryl methyl sites for hydroxylation is 1. The molecule has 3 N–H and O–H groups in total. The zero-order chi connectivity index (χ0) is 15.5. The van der Waals surface area contributed by atoms with E-state index >= 15 is 0 Å². The van der Waals surface area contributed by atoms with Gasteiger partial charge < -0.3 is 10.5 Å². The van der Waals surface area contributed by atoms with Gasteiger partial charge in [-0.05, 0) is 24.7 Å². The summed E-state index contributed by atoms with van der Waals surface area (Å²) in [4.78, 5) is 0.0617. The van der Waals surface area contributed by atoms with E-state index in [1.165, 1.54) is 6.20 Å². The van der Waals surface area contributed by atoms with Crippen molar-refractivity contribution in [2.24, 2.45) is 5.41 Å². The van der Waals surface area contributed by atoms with Gasteiger partial charge in [0, 0.05) is 32.5 Å². The van der Waals surface area contributed by atoms with Crippen molar-refractivity contribution in [1.82, 2.24) is 14.5 Å². The molecule has 1 fully saturated rings. The lowest BCUT2D eigenvalue weighted by molar-refractivity contribution is 0.0265. The minimum absolute atomic E-state index is 0.0491. The molecule has 0 radical (unpaired) electrons. The molecule has 1 saturated heterocycles. The lowest BCUT2D eigenvalue weighted by Crippen LogP contribution is -2.39. The average molecular weight is 316 g/mol. The molecule has 0 atom stereocenters. The van der Waals surface area contributed by atoms with Crippen molar-refractivity contribution in [3.05, 3.63) is 6.20 Å². The summed E-state index contributed by atoms with van der Waals surface area (Å²) in [5.41, 5.74) is 5.66. The molecule has 0 spiro atoms. The minimum Gasteiger partial charge on any atom is -0.381 e. The fourth-order valence-corrected chi connectivity index (χ4v) is 3.63.